The minimum absolute atomic E-state index is 0.250. The molecule has 102 valence electrons. The van der Waals surface area contributed by atoms with E-state index in [-0.39, 0.29) is 5.56 Å². The fraction of sp³-hybridized carbons (Fsp3) is 0.429. The molecule has 0 bridgehead atoms. The highest BCUT2D eigenvalue weighted by Crippen LogP contribution is 2.28. The third kappa shape index (κ3) is 4.56. The molecule has 0 heterocycles. The first kappa shape index (κ1) is 15.5. The zero-order valence-corrected chi connectivity index (χ0v) is 12.6. The Kier molecular flexibility index (Phi) is 5.84. The molecule has 1 rings (SSSR count). The van der Waals surface area contributed by atoms with Gasteiger partial charge in [-0.05, 0) is 40.0 Å². The predicted molar refractivity (Wildman–Crippen MR) is 78.4 cm³/mol. The highest BCUT2D eigenvalue weighted by Gasteiger charge is 2.13. The number of carboxylic acids is 1. The van der Waals surface area contributed by atoms with Crippen LogP contribution in [0.5, 0.6) is 0 Å². The maximum atomic E-state index is 10.9. The third-order valence-electron chi connectivity index (χ3n) is 2.61. The number of nitriles is 1. The largest absolute Gasteiger partial charge is 0.478 e. The number of carboxylic acid groups (broad SMARTS) is 1. The Morgan fingerprint density at radius 1 is 1.53 bits per heavy atom. The van der Waals surface area contributed by atoms with Gasteiger partial charge in [0.15, 0.2) is 0 Å². The number of benzene rings is 1. The van der Waals surface area contributed by atoms with Crippen LogP contribution in [0, 0.1) is 17.2 Å². The molecule has 5 heteroatoms. The molecule has 1 aromatic carbocycles. The van der Waals surface area contributed by atoms with Crippen LogP contribution in [-0.4, -0.2) is 24.2 Å². The zero-order valence-electron chi connectivity index (χ0n) is 11.1. The molecule has 0 aliphatic carbocycles. The summed E-state index contributed by atoms with van der Waals surface area (Å²) in [5.74, 6) is -0.482. The summed E-state index contributed by atoms with van der Waals surface area (Å²) >= 11 is 3.41. The van der Waals surface area contributed by atoms with Crippen LogP contribution in [0.25, 0.3) is 0 Å². The lowest BCUT2D eigenvalue weighted by atomic mass is 10.1. The second kappa shape index (κ2) is 7.15. The molecule has 0 spiro atoms. The van der Waals surface area contributed by atoms with Gasteiger partial charge in [0, 0.05) is 17.6 Å². The smallest absolute Gasteiger partial charge is 0.335 e. The van der Waals surface area contributed by atoms with Crippen molar-refractivity contribution in [2.45, 2.75) is 20.3 Å². The summed E-state index contributed by atoms with van der Waals surface area (Å²) < 4.78 is 0.742. The van der Waals surface area contributed by atoms with E-state index in [0.29, 0.717) is 18.9 Å². The lowest BCUT2D eigenvalue weighted by Crippen LogP contribution is -2.28. The molecule has 0 radical (unpaired) electrons. The van der Waals surface area contributed by atoms with Crippen LogP contribution >= 0.6 is 15.9 Å². The zero-order chi connectivity index (χ0) is 14.4. The van der Waals surface area contributed by atoms with Crippen molar-refractivity contribution >= 4 is 27.6 Å². The van der Waals surface area contributed by atoms with Crippen molar-refractivity contribution < 1.29 is 9.90 Å². The topological polar surface area (TPSA) is 64.3 Å². The first-order chi connectivity index (χ1) is 8.95. The van der Waals surface area contributed by atoms with Crippen molar-refractivity contribution in [2.24, 2.45) is 5.92 Å². The van der Waals surface area contributed by atoms with Gasteiger partial charge in [-0.3, -0.25) is 0 Å². The minimum Gasteiger partial charge on any atom is -0.478 e. The van der Waals surface area contributed by atoms with Crippen LogP contribution < -0.4 is 4.90 Å². The molecular weight excluding hydrogens is 308 g/mol. The maximum Gasteiger partial charge on any atom is 0.335 e. The van der Waals surface area contributed by atoms with Crippen molar-refractivity contribution in [3.63, 3.8) is 0 Å². The second-order valence-electron chi connectivity index (χ2n) is 4.72. The molecule has 0 aromatic heterocycles. The third-order valence-corrected chi connectivity index (χ3v) is 3.25. The normalized spacial score (nSPS) is 10.3. The number of aromatic carboxylic acids is 1. The fourth-order valence-electron chi connectivity index (χ4n) is 1.83. The van der Waals surface area contributed by atoms with Crippen molar-refractivity contribution in [1.82, 2.24) is 0 Å². The minimum atomic E-state index is -0.945. The molecule has 0 unspecified atom stereocenters. The fourth-order valence-corrected chi connectivity index (χ4v) is 2.46. The summed E-state index contributed by atoms with van der Waals surface area (Å²) in [6, 6.07) is 7.10. The average molecular weight is 325 g/mol. The highest BCUT2D eigenvalue weighted by molar-refractivity contribution is 9.10. The summed E-state index contributed by atoms with van der Waals surface area (Å²) in [5, 5.41) is 17.7. The van der Waals surface area contributed by atoms with Gasteiger partial charge in [0.2, 0.25) is 0 Å². The Bertz CT molecular complexity index is 495. The Morgan fingerprint density at radius 2 is 2.21 bits per heavy atom. The molecule has 0 atom stereocenters. The molecule has 1 N–H and O–H groups in total. The molecule has 4 nitrogen and oxygen atoms in total. The van der Waals surface area contributed by atoms with E-state index in [9.17, 15) is 4.79 Å². The summed E-state index contributed by atoms with van der Waals surface area (Å²) in [6.07, 6.45) is 0.444. The SMILES string of the molecule is CC(C)CN(CCC#N)c1ccc(C(=O)O)cc1Br. The number of rotatable bonds is 6. The van der Waals surface area contributed by atoms with Gasteiger partial charge in [-0.15, -0.1) is 0 Å². The van der Waals surface area contributed by atoms with Crippen LogP contribution in [0.4, 0.5) is 5.69 Å². The summed E-state index contributed by atoms with van der Waals surface area (Å²) in [4.78, 5) is 13.0. The lowest BCUT2D eigenvalue weighted by molar-refractivity contribution is 0.0697. The maximum absolute atomic E-state index is 10.9. The van der Waals surface area contributed by atoms with E-state index in [2.05, 4.69) is 40.7 Å². The summed E-state index contributed by atoms with van der Waals surface area (Å²) in [7, 11) is 0. The van der Waals surface area contributed by atoms with E-state index in [1.165, 1.54) is 0 Å². The van der Waals surface area contributed by atoms with Crippen LogP contribution in [0.15, 0.2) is 22.7 Å². The lowest BCUT2D eigenvalue weighted by Gasteiger charge is -2.27. The van der Waals surface area contributed by atoms with E-state index >= 15 is 0 Å². The van der Waals surface area contributed by atoms with Crippen molar-refractivity contribution in [2.75, 3.05) is 18.0 Å². The number of nitrogens with zero attached hydrogens (tertiary/aromatic N) is 2. The molecule has 19 heavy (non-hydrogen) atoms. The van der Waals surface area contributed by atoms with Gasteiger partial charge in [0.05, 0.1) is 23.7 Å². The Morgan fingerprint density at radius 3 is 2.68 bits per heavy atom. The standard InChI is InChI=1S/C14H17BrN2O2/c1-10(2)9-17(7-3-6-16)13-5-4-11(14(18)19)8-12(13)15/h4-5,8,10H,3,7,9H2,1-2H3,(H,18,19). The number of hydrogen-bond donors (Lipinski definition) is 1. The van der Waals surface area contributed by atoms with Gasteiger partial charge in [0.1, 0.15) is 0 Å². The van der Waals surface area contributed by atoms with E-state index in [1.807, 2.05) is 0 Å². The quantitative estimate of drug-likeness (QED) is 0.869. The first-order valence-corrected chi connectivity index (χ1v) is 6.89. The number of halogens is 1. The summed E-state index contributed by atoms with van der Waals surface area (Å²) in [5.41, 5.74) is 1.18. The van der Waals surface area contributed by atoms with Crippen LogP contribution in [0.2, 0.25) is 0 Å². The van der Waals surface area contributed by atoms with E-state index in [0.717, 1.165) is 16.7 Å². The van der Waals surface area contributed by atoms with Crippen LogP contribution in [0.3, 0.4) is 0 Å². The molecule has 0 saturated heterocycles. The van der Waals surface area contributed by atoms with Gasteiger partial charge in [0.25, 0.3) is 0 Å². The van der Waals surface area contributed by atoms with Gasteiger partial charge in [-0.2, -0.15) is 5.26 Å². The van der Waals surface area contributed by atoms with Crippen LogP contribution in [-0.2, 0) is 0 Å². The summed E-state index contributed by atoms with van der Waals surface area (Å²) in [6.45, 7) is 5.68. The second-order valence-corrected chi connectivity index (χ2v) is 5.57. The Labute approximate surface area is 121 Å². The molecule has 0 saturated carbocycles. The van der Waals surface area contributed by atoms with E-state index in [1.54, 1.807) is 18.2 Å². The van der Waals surface area contributed by atoms with Crippen LogP contribution in [0.1, 0.15) is 30.6 Å². The van der Waals surface area contributed by atoms with E-state index in [4.69, 9.17) is 10.4 Å². The van der Waals surface area contributed by atoms with Gasteiger partial charge >= 0.3 is 5.97 Å². The van der Waals surface area contributed by atoms with E-state index < -0.39 is 5.97 Å². The molecule has 0 fully saturated rings. The monoisotopic (exact) mass is 324 g/mol. The Balaban J connectivity index is 3.01. The highest BCUT2D eigenvalue weighted by atomic mass is 79.9. The molecule has 0 aliphatic heterocycles. The van der Waals surface area contributed by atoms with Gasteiger partial charge < -0.3 is 10.0 Å². The van der Waals surface area contributed by atoms with Gasteiger partial charge in [-0.25, -0.2) is 4.79 Å². The molecule has 0 aliphatic rings. The molecular formula is C14H17BrN2O2. The molecule has 0 amide bonds. The van der Waals surface area contributed by atoms with Gasteiger partial charge in [-0.1, -0.05) is 13.8 Å². The first-order valence-electron chi connectivity index (χ1n) is 6.10. The van der Waals surface area contributed by atoms with Crippen molar-refractivity contribution in [3.8, 4) is 6.07 Å². The number of carbonyl (C=O) groups is 1. The number of anilines is 1. The van der Waals surface area contributed by atoms with Crippen molar-refractivity contribution in [1.29, 1.82) is 5.26 Å². The Hall–Kier alpha value is -1.54. The molecule has 1 aromatic rings. The van der Waals surface area contributed by atoms with Crippen molar-refractivity contribution in [3.05, 3.63) is 28.2 Å². The average Bonchev–Trinajstić information content (AvgIpc) is 2.34. The number of hydrogen-bond acceptors (Lipinski definition) is 3. The predicted octanol–water partition coefficient (Wildman–Crippen LogP) is 3.52.